The van der Waals surface area contributed by atoms with Crippen molar-refractivity contribution in [2.45, 2.75) is 114 Å². The molecule has 6 atom stereocenters. The number of hydrogen-bond donors (Lipinski definition) is 2. The van der Waals surface area contributed by atoms with Crippen LogP contribution >= 0.6 is 0 Å². The second-order valence-electron chi connectivity index (χ2n) is 9.08. The van der Waals surface area contributed by atoms with E-state index in [4.69, 9.17) is 4.74 Å². The number of piperidine rings is 1. The van der Waals surface area contributed by atoms with Crippen molar-refractivity contribution in [1.82, 2.24) is 10.6 Å². The summed E-state index contributed by atoms with van der Waals surface area (Å²) < 4.78 is 5.83. The Kier molecular flexibility index (Phi) is 5.81. The van der Waals surface area contributed by atoms with Crippen molar-refractivity contribution in [3.8, 4) is 0 Å². The van der Waals surface area contributed by atoms with Crippen LogP contribution < -0.4 is 10.6 Å². The van der Waals surface area contributed by atoms with Crippen molar-refractivity contribution in [3.05, 3.63) is 0 Å². The summed E-state index contributed by atoms with van der Waals surface area (Å²) in [5, 5.41) is 8.22. The van der Waals surface area contributed by atoms with Gasteiger partial charge in [-0.15, -0.1) is 0 Å². The molecule has 3 nitrogen and oxygen atoms in total. The summed E-state index contributed by atoms with van der Waals surface area (Å²) in [6.45, 7) is 3.42. The molecule has 0 aromatic carbocycles. The molecule has 24 heavy (non-hydrogen) atoms. The molecular formula is C21H38N2O. The minimum Gasteiger partial charge on any atom is -0.378 e. The number of fused-ring (bicyclic) bond motifs is 2. The zero-order valence-electron chi connectivity index (χ0n) is 15.6. The van der Waals surface area contributed by atoms with E-state index in [1.165, 1.54) is 77.0 Å². The van der Waals surface area contributed by atoms with E-state index < -0.39 is 0 Å². The van der Waals surface area contributed by atoms with Crippen LogP contribution in [0.25, 0.3) is 0 Å². The largest absolute Gasteiger partial charge is 0.378 e. The van der Waals surface area contributed by atoms with Crippen molar-refractivity contribution in [1.29, 1.82) is 0 Å². The normalized spacial score (nSPS) is 43.9. The average molecular weight is 335 g/mol. The lowest BCUT2D eigenvalue weighted by atomic mass is 9.66. The van der Waals surface area contributed by atoms with Crippen LogP contribution in [0.3, 0.4) is 0 Å². The third-order valence-electron chi connectivity index (χ3n) is 7.41. The quantitative estimate of drug-likeness (QED) is 0.797. The van der Waals surface area contributed by atoms with E-state index in [-0.39, 0.29) is 0 Å². The van der Waals surface area contributed by atoms with E-state index in [2.05, 4.69) is 17.6 Å². The van der Waals surface area contributed by atoms with Crippen LogP contribution in [0.5, 0.6) is 0 Å². The molecule has 138 valence electrons. The van der Waals surface area contributed by atoms with Crippen LogP contribution in [0.1, 0.15) is 84.0 Å². The minimum absolute atomic E-state index is 0.548. The molecule has 4 rings (SSSR count). The molecule has 2 N–H and O–H groups in total. The number of rotatable bonds is 5. The molecule has 6 unspecified atom stereocenters. The van der Waals surface area contributed by atoms with Crippen molar-refractivity contribution < 1.29 is 4.74 Å². The fourth-order valence-corrected chi connectivity index (χ4v) is 6.15. The lowest BCUT2D eigenvalue weighted by Crippen LogP contribution is -2.65. The molecule has 2 saturated heterocycles. The summed E-state index contributed by atoms with van der Waals surface area (Å²) >= 11 is 0. The van der Waals surface area contributed by atoms with Crippen LogP contribution in [-0.2, 0) is 4.74 Å². The molecular weight excluding hydrogens is 296 g/mol. The van der Waals surface area contributed by atoms with E-state index >= 15 is 0 Å². The Hall–Kier alpha value is -0.120. The molecule has 2 heterocycles. The highest BCUT2D eigenvalue weighted by molar-refractivity contribution is 5.03. The third-order valence-corrected chi connectivity index (χ3v) is 7.41. The Labute approximate surface area is 148 Å². The van der Waals surface area contributed by atoms with Crippen LogP contribution in [0.15, 0.2) is 0 Å². The summed E-state index contributed by atoms with van der Waals surface area (Å²) in [7, 11) is 0. The monoisotopic (exact) mass is 334 g/mol. The molecule has 3 heteroatoms. The number of nitrogens with one attached hydrogen (secondary N) is 2. The maximum atomic E-state index is 5.83. The fraction of sp³-hybridized carbons (Fsp3) is 1.00. The van der Waals surface area contributed by atoms with Crippen molar-refractivity contribution >= 4 is 0 Å². The lowest BCUT2D eigenvalue weighted by Gasteiger charge is -2.53. The summed E-state index contributed by atoms with van der Waals surface area (Å²) in [4.78, 5) is 0. The number of hydrogen-bond acceptors (Lipinski definition) is 3. The Bertz CT molecular complexity index is 373. The van der Waals surface area contributed by atoms with Crippen LogP contribution in [0, 0.1) is 11.8 Å². The molecule has 2 aliphatic carbocycles. The molecule has 0 bridgehead atoms. The fourth-order valence-electron chi connectivity index (χ4n) is 6.15. The van der Waals surface area contributed by atoms with Crippen molar-refractivity contribution in [2.75, 3.05) is 6.61 Å². The first-order chi connectivity index (χ1) is 11.8. The van der Waals surface area contributed by atoms with Gasteiger partial charge in [-0.3, -0.25) is 0 Å². The first kappa shape index (κ1) is 17.3. The zero-order valence-corrected chi connectivity index (χ0v) is 15.6. The molecule has 0 amide bonds. The van der Waals surface area contributed by atoms with Gasteiger partial charge in [0.1, 0.15) is 0 Å². The summed E-state index contributed by atoms with van der Waals surface area (Å²) in [5.41, 5.74) is 0. The predicted molar refractivity (Wildman–Crippen MR) is 99.2 cm³/mol. The molecule has 2 saturated carbocycles. The van der Waals surface area contributed by atoms with Gasteiger partial charge < -0.3 is 15.4 Å². The maximum absolute atomic E-state index is 5.83. The van der Waals surface area contributed by atoms with E-state index in [1.54, 1.807) is 0 Å². The Morgan fingerprint density at radius 1 is 0.917 bits per heavy atom. The third kappa shape index (κ3) is 3.83. The van der Waals surface area contributed by atoms with Gasteiger partial charge in [0.25, 0.3) is 0 Å². The molecule has 4 aliphatic rings. The Morgan fingerprint density at radius 2 is 1.58 bits per heavy atom. The highest BCUT2D eigenvalue weighted by atomic mass is 16.5. The Balaban J connectivity index is 1.37. The minimum atomic E-state index is 0.548. The predicted octanol–water partition coefficient (Wildman–Crippen LogP) is 4.01. The highest BCUT2D eigenvalue weighted by Crippen LogP contribution is 2.41. The Morgan fingerprint density at radius 3 is 2.21 bits per heavy atom. The summed E-state index contributed by atoms with van der Waals surface area (Å²) in [6.07, 6.45) is 17.1. The first-order valence-corrected chi connectivity index (χ1v) is 10.9. The van der Waals surface area contributed by atoms with Gasteiger partial charge in [-0.1, -0.05) is 25.7 Å². The standard InChI is InChI=1S/C21H38N2O/c1-15(12-13-16-7-6-14-24-16)22-21-17-8-2-4-10-19(17)23-20-11-5-3-9-18(20)21/h15-23H,2-14H2,1H3. The average Bonchev–Trinajstić information content (AvgIpc) is 3.13. The summed E-state index contributed by atoms with van der Waals surface area (Å²) in [6, 6.07) is 2.99. The topological polar surface area (TPSA) is 33.3 Å². The second-order valence-corrected chi connectivity index (χ2v) is 9.08. The molecule has 2 aliphatic heterocycles. The van der Waals surface area contributed by atoms with Crippen LogP contribution in [0.4, 0.5) is 0 Å². The van der Waals surface area contributed by atoms with Crippen molar-refractivity contribution in [3.63, 3.8) is 0 Å². The van der Waals surface area contributed by atoms with Gasteiger partial charge in [0.15, 0.2) is 0 Å². The molecule has 0 spiro atoms. The molecule has 4 fully saturated rings. The first-order valence-electron chi connectivity index (χ1n) is 10.9. The highest BCUT2D eigenvalue weighted by Gasteiger charge is 2.45. The van der Waals surface area contributed by atoms with E-state index in [1.807, 2.05) is 0 Å². The van der Waals surface area contributed by atoms with E-state index in [0.29, 0.717) is 12.1 Å². The van der Waals surface area contributed by atoms with Crippen LogP contribution in [0.2, 0.25) is 0 Å². The SMILES string of the molecule is CC(CCC1CCCO1)NC1C2CCCCC2NC2CCCCC21. The van der Waals surface area contributed by atoms with Gasteiger partial charge in [0.2, 0.25) is 0 Å². The van der Waals surface area contributed by atoms with Gasteiger partial charge >= 0.3 is 0 Å². The smallest absolute Gasteiger partial charge is 0.0576 e. The molecule has 0 aromatic heterocycles. The van der Waals surface area contributed by atoms with Gasteiger partial charge in [0.05, 0.1) is 6.10 Å². The lowest BCUT2D eigenvalue weighted by molar-refractivity contribution is 0.0447. The second kappa shape index (κ2) is 8.05. The van der Waals surface area contributed by atoms with Gasteiger partial charge in [-0.2, -0.15) is 0 Å². The summed E-state index contributed by atoms with van der Waals surface area (Å²) in [5.74, 6) is 1.76. The van der Waals surface area contributed by atoms with Gasteiger partial charge in [-0.05, 0) is 70.1 Å². The van der Waals surface area contributed by atoms with E-state index in [0.717, 1.165) is 36.6 Å². The zero-order chi connectivity index (χ0) is 16.4. The number of ether oxygens (including phenoxy) is 1. The molecule has 0 aromatic rings. The maximum Gasteiger partial charge on any atom is 0.0576 e. The van der Waals surface area contributed by atoms with Gasteiger partial charge in [0, 0.05) is 30.8 Å². The van der Waals surface area contributed by atoms with Gasteiger partial charge in [-0.25, -0.2) is 0 Å². The van der Waals surface area contributed by atoms with Crippen LogP contribution in [-0.4, -0.2) is 36.9 Å². The van der Waals surface area contributed by atoms with E-state index in [9.17, 15) is 0 Å². The van der Waals surface area contributed by atoms with Crippen molar-refractivity contribution in [2.24, 2.45) is 11.8 Å². The molecule has 0 radical (unpaired) electrons.